The number of nitrogens with zero attached hydrogens (tertiary/aromatic N) is 3. The third-order valence-corrected chi connectivity index (χ3v) is 4.22. The fourth-order valence-electron chi connectivity index (χ4n) is 2.64. The number of hydrogen-bond acceptors (Lipinski definition) is 4. The van der Waals surface area contributed by atoms with Gasteiger partial charge < -0.3 is 15.1 Å². The fraction of sp³-hybridized carbons (Fsp3) is 0.227. The van der Waals surface area contributed by atoms with E-state index in [1.807, 2.05) is 44.2 Å². The van der Waals surface area contributed by atoms with Crippen molar-refractivity contribution in [3.63, 3.8) is 0 Å². The summed E-state index contributed by atoms with van der Waals surface area (Å²) < 4.78 is 19.6. The van der Waals surface area contributed by atoms with E-state index in [0.29, 0.717) is 30.5 Å². The van der Waals surface area contributed by atoms with Gasteiger partial charge in [0.25, 0.3) is 0 Å². The van der Waals surface area contributed by atoms with E-state index in [2.05, 4.69) is 20.6 Å². The fourth-order valence-corrected chi connectivity index (χ4v) is 2.64. The molecule has 0 atom stereocenters. The summed E-state index contributed by atoms with van der Waals surface area (Å²) in [7, 11) is 0. The van der Waals surface area contributed by atoms with Crippen LogP contribution in [0.4, 0.5) is 4.39 Å². The summed E-state index contributed by atoms with van der Waals surface area (Å²) in [6, 6.07) is 14.2. The Hall–Kier alpha value is -3.66. The van der Waals surface area contributed by atoms with Crippen molar-refractivity contribution < 1.29 is 8.81 Å². The van der Waals surface area contributed by atoms with E-state index in [9.17, 15) is 4.39 Å². The molecule has 0 saturated carbocycles. The van der Waals surface area contributed by atoms with Crippen molar-refractivity contribution in [1.82, 2.24) is 15.6 Å². The van der Waals surface area contributed by atoms with Gasteiger partial charge in [0.15, 0.2) is 5.96 Å². The van der Waals surface area contributed by atoms with Gasteiger partial charge >= 0.3 is 0 Å². The van der Waals surface area contributed by atoms with E-state index in [0.717, 1.165) is 11.3 Å². The van der Waals surface area contributed by atoms with E-state index in [1.54, 1.807) is 18.4 Å². The molecule has 0 aliphatic rings. The van der Waals surface area contributed by atoms with Crippen LogP contribution in [0.2, 0.25) is 0 Å². The summed E-state index contributed by atoms with van der Waals surface area (Å²) in [6.07, 6.45) is 1.60. The van der Waals surface area contributed by atoms with E-state index < -0.39 is 5.82 Å². The molecule has 0 aliphatic carbocycles. The minimum atomic E-state index is -0.442. The van der Waals surface area contributed by atoms with Crippen molar-refractivity contribution in [3.8, 4) is 17.5 Å². The zero-order valence-electron chi connectivity index (χ0n) is 16.4. The number of hydrogen-bond donors (Lipinski definition) is 2. The predicted octanol–water partition coefficient (Wildman–Crippen LogP) is 3.92. The van der Waals surface area contributed by atoms with Crippen LogP contribution in [0.5, 0.6) is 0 Å². The third kappa shape index (κ3) is 5.42. The maximum absolute atomic E-state index is 14.0. The summed E-state index contributed by atoms with van der Waals surface area (Å²) in [5.74, 6) is 0.655. The normalized spacial score (nSPS) is 11.2. The number of rotatable bonds is 6. The second kappa shape index (κ2) is 9.51. The number of aliphatic imine (C=N–C) groups is 1. The molecule has 3 rings (SSSR count). The number of nitriles is 1. The average Bonchev–Trinajstić information content (AvgIpc) is 3.20. The van der Waals surface area contributed by atoms with Crippen LogP contribution in [0.1, 0.15) is 29.3 Å². The second-order valence-electron chi connectivity index (χ2n) is 6.48. The van der Waals surface area contributed by atoms with E-state index in [1.165, 1.54) is 11.6 Å². The Morgan fingerprint density at radius 3 is 2.69 bits per heavy atom. The summed E-state index contributed by atoms with van der Waals surface area (Å²) >= 11 is 0. The van der Waals surface area contributed by atoms with Crippen molar-refractivity contribution in [2.45, 2.75) is 26.9 Å². The largest absolute Gasteiger partial charge is 0.444 e. The van der Waals surface area contributed by atoms with Gasteiger partial charge in [-0.3, -0.25) is 0 Å². The molecule has 3 aromatic rings. The quantitative estimate of drug-likeness (QED) is 0.491. The highest BCUT2D eigenvalue weighted by molar-refractivity contribution is 5.79. The lowest BCUT2D eigenvalue weighted by Gasteiger charge is -2.10. The van der Waals surface area contributed by atoms with Gasteiger partial charge in [0.2, 0.25) is 5.89 Å². The second-order valence-corrected chi connectivity index (χ2v) is 6.48. The van der Waals surface area contributed by atoms with Crippen LogP contribution in [0.3, 0.4) is 0 Å². The Labute approximate surface area is 169 Å². The smallest absolute Gasteiger partial charge is 0.226 e. The highest BCUT2D eigenvalue weighted by Gasteiger charge is 2.08. The monoisotopic (exact) mass is 391 g/mol. The zero-order chi connectivity index (χ0) is 20.6. The minimum Gasteiger partial charge on any atom is -0.444 e. The molecule has 29 heavy (non-hydrogen) atoms. The topological polar surface area (TPSA) is 86.2 Å². The third-order valence-electron chi connectivity index (χ3n) is 4.22. The maximum atomic E-state index is 14.0. The molecule has 1 aromatic heterocycles. The Balaban J connectivity index is 1.64. The first kappa shape index (κ1) is 20.1. The lowest BCUT2D eigenvalue weighted by Crippen LogP contribution is -2.36. The molecule has 148 valence electrons. The molecule has 0 spiro atoms. The van der Waals surface area contributed by atoms with Gasteiger partial charge in [0.1, 0.15) is 12.1 Å². The molecule has 0 amide bonds. The molecule has 2 N–H and O–H groups in total. The Bertz CT molecular complexity index is 1030. The van der Waals surface area contributed by atoms with Crippen LogP contribution >= 0.6 is 0 Å². The Kier molecular flexibility index (Phi) is 6.59. The molecule has 0 unspecified atom stereocenters. The lowest BCUT2D eigenvalue weighted by molar-refractivity contribution is 0.572. The Morgan fingerprint density at radius 1 is 1.21 bits per heavy atom. The highest BCUT2D eigenvalue weighted by Crippen LogP contribution is 2.19. The number of aromatic nitrogens is 1. The first-order chi connectivity index (χ1) is 14.1. The Morgan fingerprint density at radius 2 is 2.00 bits per heavy atom. The van der Waals surface area contributed by atoms with Gasteiger partial charge in [-0.15, -0.1) is 0 Å². The first-order valence-electron chi connectivity index (χ1n) is 9.31. The molecule has 0 aliphatic heterocycles. The SMILES string of the molecule is CCNC(=NCc1ccc(C#N)cc1F)NCc1coc(-c2ccc(C)cc2)n1. The molecule has 7 heteroatoms. The predicted molar refractivity (Wildman–Crippen MR) is 109 cm³/mol. The van der Waals surface area contributed by atoms with Gasteiger partial charge in [0.05, 0.1) is 30.4 Å². The number of oxazole rings is 1. The molecule has 0 fully saturated rings. The van der Waals surface area contributed by atoms with Gasteiger partial charge in [-0.2, -0.15) is 5.26 Å². The molecule has 0 saturated heterocycles. The molecule has 0 radical (unpaired) electrons. The van der Waals surface area contributed by atoms with Crippen molar-refractivity contribution in [1.29, 1.82) is 5.26 Å². The van der Waals surface area contributed by atoms with Crippen LogP contribution in [0.25, 0.3) is 11.5 Å². The van der Waals surface area contributed by atoms with Crippen LogP contribution < -0.4 is 10.6 Å². The average molecular weight is 391 g/mol. The van der Waals surface area contributed by atoms with Crippen molar-refractivity contribution in [2.24, 2.45) is 4.99 Å². The molecule has 0 bridgehead atoms. The summed E-state index contributed by atoms with van der Waals surface area (Å²) in [5, 5.41) is 15.1. The van der Waals surface area contributed by atoms with E-state index in [-0.39, 0.29) is 12.1 Å². The van der Waals surface area contributed by atoms with Gasteiger partial charge in [0, 0.05) is 17.7 Å². The van der Waals surface area contributed by atoms with E-state index >= 15 is 0 Å². The van der Waals surface area contributed by atoms with Crippen LogP contribution in [0.15, 0.2) is 58.1 Å². The molecule has 6 nitrogen and oxygen atoms in total. The van der Waals surface area contributed by atoms with Gasteiger partial charge in [-0.25, -0.2) is 14.4 Å². The highest BCUT2D eigenvalue weighted by atomic mass is 19.1. The number of aryl methyl sites for hydroxylation is 1. The van der Waals surface area contributed by atoms with Gasteiger partial charge in [-0.05, 0) is 38.1 Å². The van der Waals surface area contributed by atoms with Crippen molar-refractivity contribution >= 4 is 5.96 Å². The van der Waals surface area contributed by atoms with Crippen molar-refractivity contribution in [2.75, 3.05) is 6.54 Å². The summed E-state index contributed by atoms with van der Waals surface area (Å²) in [6.45, 7) is 5.21. The zero-order valence-corrected chi connectivity index (χ0v) is 16.4. The van der Waals surface area contributed by atoms with Crippen molar-refractivity contribution in [3.05, 3.63) is 76.9 Å². The van der Waals surface area contributed by atoms with Crippen LogP contribution in [-0.2, 0) is 13.1 Å². The van der Waals surface area contributed by atoms with Gasteiger partial charge in [-0.1, -0.05) is 23.8 Å². The number of benzene rings is 2. The number of nitrogens with one attached hydrogen (secondary N) is 2. The summed E-state index contributed by atoms with van der Waals surface area (Å²) in [4.78, 5) is 8.89. The number of halogens is 1. The minimum absolute atomic E-state index is 0.153. The lowest BCUT2D eigenvalue weighted by atomic mass is 10.1. The van der Waals surface area contributed by atoms with E-state index in [4.69, 9.17) is 9.68 Å². The van der Waals surface area contributed by atoms with Crippen LogP contribution in [-0.4, -0.2) is 17.5 Å². The first-order valence-corrected chi connectivity index (χ1v) is 9.31. The summed E-state index contributed by atoms with van der Waals surface area (Å²) in [5.41, 5.74) is 3.53. The molecule has 2 aromatic carbocycles. The molecule has 1 heterocycles. The van der Waals surface area contributed by atoms with Crippen LogP contribution in [0, 0.1) is 24.1 Å². The standard InChI is InChI=1S/C22H22FN5O/c1-3-25-22(26-12-18-9-6-16(11-24)10-20(18)23)27-13-19-14-29-21(28-19)17-7-4-15(2)5-8-17/h4-10,14H,3,12-13H2,1-2H3,(H2,25,26,27). The maximum Gasteiger partial charge on any atom is 0.226 e. The molecular formula is C22H22FN5O. The molecular weight excluding hydrogens is 369 g/mol. The number of guanidine groups is 1.